The number of aliphatic carboxylic acids is 1. The average molecular weight is 448 g/mol. The van der Waals surface area contributed by atoms with E-state index in [9.17, 15) is 4.79 Å². The van der Waals surface area contributed by atoms with Crippen LogP contribution in [0.2, 0.25) is 0 Å². The Hall–Kier alpha value is -3.22. The molecule has 1 heterocycles. The summed E-state index contributed by atoms with van der Waals surface area (Å²) in [5.74, 6) is 0.785. The number of carboxylic acids is 1. The number of aromatic nitrogens is 2. The Kier molecular flexibility index (Phi) is 8.98. The van der Waals surface area contributed by atoms with Crippen LogP contribution in [0.25, 0.3) is 17.2 Å². The highest BCUT2D eigenvalue weighted by Gasteiger charge is 2.30. The van der Waals surface area contributed by atoms with E-state index in [1.165, 1.54) is 16.7 Å². The molecule has 2 aromatic carbocycles. The molecular formula is C27H33N3O3. The third-order valence-corrected chi connectivity index (χ3v) is 6.00. The summed E-state index contributed by atoms with van der Waals surface area (Å²) in [5.41, 5.74) is 4.88. The lowest BCUT2D eigenvalue weighted by molar-refractivity contribution is -0.136. The van der Waals surface area contributed by atoms with Gasteiger partial charge in [0.15, 0.2) is 0 Å². The lowest BCUT2D eigenvalue weighted by Gasteiger charge is -2.36. The number of carbonyl (C=O) groups is 1. The lowest BCUT2D eigenvalue weighted by Crippen LogP contribution is -2.42. The molecule has 1 aliphatic carbocycles. The maximum absolute atomic E-state index is 10.5. The summed E-state index contributed by atoms with van der Waals surface area (Å²) < 4.78 is 1.96. The van der Waals surface area contributed by atoms with Crippen molar-refractivity contribution in [3.8, 4) is 11.1 Å². The molecule has 0 amide bonds. The summed E-state index contributed by atoms with van der Waals surface area (Å²) in [5, 5.41) is 20.3. The molecule has 0 unspecified atom stereocenters. The second-order valence-corrected chi connectivity index (χ2v) is 8.20. The Bertz CT molecular complexity index is 1020. The van der Waals surface area contributed by atoms with Crippen LogP contribution >= 0.6 is 0 Å². The van der Waals surface area contributed by atoms with Crippen molar-refractivity contribution in [1.29, 1.82) is 0 Å². The molecular weight excluding hydrogens is 414 g/mol. The van der Waals surface area contributed by atoms with Gasteiger partial charge in [-0.3, -0.25) is 4.79 Å². The highest BCUT2D eigenvalue weighted by atomic mass is 16.4. The fourth-order valence-electron chi connectivity index (χ4n) is 4.01. The van der Waals surface area contributed by atoms with Gasteiger partial charge in [-0.15, -0.1) is 0 Å². The number of rotatable bonds is 9. The zero-order valence-electron chi connectivity index (χ0n) is 19.2. The van der Waals surface area contributed by atoms with Gasteiger partial charge in [0.2, 0.25) is 0 Å². The number of aryl methyl sites for hydroxylation is 1. The van der Waals surface area contributed by atoms with Crippen molar-refractivity contribution in [2.45, 2.75) is 44.7 Å². The zero-order valence-corrected chi connectivity index (χ0v) is 19.2. The number of hydrogen-bond acceptors (Lipinski definition) is 4. The van der Waals surface area contributed by atoms with Gasteiger partial charge in [0, 0.05) is 31.4 Å². The lowest BCUT2D eigenvalue weighted by atomic mass is 9.75. The van der Waals surface area contributed by atoms with Crippen LogP contribution in [0.15, 0.2) is 67.5 Å². The summed E-state index contributed by atoms with van der Waals surface area (Å²) in [4.78, 5) is 14.6. The number of aliphatic hydroxyl groups is 1. The SMILES string of the molecule is C=Cc1ccc(-c2ccc(C3CC(NCC(=O)O)C3)cc2)cc1.CCc1nccn1CCO. The number of benzene rings is 2. The van der Waals surface area contributed by atoms with E-state index >= 15 is 0 Å². The van der Waals surface area contributed by atoms with Gasteiger partial charge < -0.3 is 20.1 Å². The fourth-order valence-corrected chi connectivity index (χ4v) is 4.01. The number of aliphatic hydroxyl groups excluding tert-OH is 1. The summed E-state index contributed by atoms with van der Waals surface area (Å²) in [6, 6.07) is 17.4. The van der Waals surface area contributed by atoms with Crippen LogP contribution in [0, 0.1) is 0 Å². The number of imidazole rings is 1. The Morgan fingerprint density at radius 2 is 1.79 bits per heavy atom. The van der Waals surface area contributed by atoms with E-state index in [-0.39, 0.29) is 13.2 Å². The molecule has 1 fully saturated rings. The molecule has 4 rings (SSSR count). The third-order valence-electron chi connectivity index (χ3n) is 6.00. The molecule has 6 heteroatoms. The van der Waals surface area contributed by atoms with Crippen LogP contribution in [0.4, 0.5) is 0 Å². The van der Waals surface area contributed by atoms with Crippen molar-refractivity contribution >= 4 is 12.0 Å². The van der Waals surface area contributed by atoms with E-state index in [1.807, 2.05) is 16.8 Å². The van der Waals surface area contributed by atoms with E-state index in [0.717, 1.165) is 30.7 Å². The molecule has 0 aliphatic heterocycles. The van der Waals surface area contributed by atoms with Gasteiger partial charge in [0.05, 0.1) is 13.2 Å². The topological polar surface area (TPSA) is 87.4 Å². The van der Waals surface area contributed by atoms with Crippen molar-refractivity contribution in [2.75, 3.05) is 13.2 Å². The maximum Gasteiger partial charge on any atom is 0.317 e. The average Bonchev–Trinajstić information content (AvgIpc) is 3.26. The van der Waals surface area contributed by atoms with Crippen molar-refractivity contribution in [1.82, 2.24) is 14.9 Å². The summed E-state index contributed by atoms with van der Waals surface area (Å²) in [6.07, 6.45) is 8.44. The summed E-state index contributed by atoms with van der Waals surface area (Å²) >= 11 is 0. The van der Waals surface area contributed by atoms with Gasteiger partial charge in [-0.05, 0) is 41.0 Å². The first-order valence-corrected chi connectivity index (χ1v) is 11.4. The number of carboxylic acid groups (broad SMARTS) is 1. The first-order chi connectivity index (χ1) is 16.0. The van der Waals surface area contributed by atoms with E-state index < -0.39 is 5.97 Å². The monoisotopic (exact) mass is 447 g/mol. The zero-order chi connectivity index (χ0) is 23.6. The van der Waals surface area contributed by atoms with Gasteiger partial charge in [0.25, 0.3) is 0 Å². The summed E-state index contributed by atoms with van der Waals surface area (Å²) in [7, 11) is 0. The van der Waals surface area contributed by atoms with Crippen LogP contribution < -0.4 is 5.32 Å². The molecule has 1 aromatic heterocycles. The van der Waals surface area contributed by atoms with Crippen molar-refractivity contribution < 1.29 is 15.0 Å². The molecule has 6 nitrogen and oxygen atoms in total. The Labute approximate surface area is 195 Å². The molecule has 3 aromatic rings. The Morgan fingerprint density at radius 3 is 2.33 bits per heavy atom. The molecule has 0 atom stereocenters. The van der Waals surface area contributed by atoms with Gasteiger partial charge in [-0.1, -0.05) is 68.1 Å². The highest BCUT2D eigenvalue weighted by molar-refractivity contribution is 5.69. The van der Waals surface area contributed by atoms with Gasteiger partial charge >= 0.3 is 5.97 Å². The number of nitrogens with zero attached hydrogens (tertiary/aromatic N) is 2. The minimum absolute atomic E-state index is 0.0526. The van der Waals surface area contributed by atoms with E-state index in [0.29, 0.717) is 18.5 Å². The molecule has 1 aliphatic rings. The maximum atomic E-state index is 10.5. The number of nitrogens with one attached hydrogen (secondary N) is 1. The molecule has 1 saturated carbocycles. The van der Waals surface area contributed by atoms with E-state index in [2.05, 4.69) is 72.3 Å². The van der Waals surface area contributed by atoms with E-state index in [1.54, 1.807) is 6.20 Å². The predicted molar refractivity (Wildman–Crippen MR) is 132 cm³/mol. The third kappa shape index (κ3) is 6.88. The van der Waals surface area contributed by atoms with E-state index in [4.69, 9.17) is 10.2 Å². The van der Waals surface area contributed by atoms with Crippen LogP contribution in [0.1, 0.15) is 42.6 Å². The van der Waals surface area contributed by atoms with Crippen LogP contribution in [-0.2, 0) is 17.8 Å². The fraction of sp³-hybridized carbons (Fsp3) is 0.333. The van der Waals surface area contributed by atoms with Crippen LogP contribution in [0.3, 0.4) is 0 Å². The first-order valence-electron chi connectivity index (χ1n) is 11.4. The first kappa shape index (κ1) is 24.4. The highest BCUT2D eigenvalue weighted by Crippen LogP contribution is 2.37. The van der Waals surface area contributed by atoms with Crippen LogP contribution in [0.5, 0.6) is 0 Å². The van der Waals surface area contributed by atoms with Gasteiger partial charge in [-0.2, -0.15) is 0 Å². The van der Waals surface area contributed by atoms with Crippen molar-refractivity contribution in [3.63, 3.8) is 0 Å². The summed E-state index contributed by atoms with van der Waals surface area (Å²) in [6.45, 7) is 6.72. The molecule has 0 saturated heterocycles. The molecule has 3 N–H and O–H groups in total. The predicted octanol–water partition coefficient (Wildman–Crippen LogP) is 4.35. The van der Waals surface area contributed by atoms with Crippen molar-refractivity contribution in [3.05, 3.63) is 84.5 Å². The van der Waals surface area contributed by atoms with Gasteiger partial charge in [0.1, 0.15) is 5.82 Å². The number of hydrogen-bond donors (Lipinski definition) is 3. The normalized spacial score (nSPS) is 16.9. The smallest absolute Gasteiger partial charge is 0.317 e. The largest absolute Gasteiger partial charge is 0.480 e. The second-order valence-electron chi connectivity index (χ2n) is 8.20. The minimum Gasteiger partial charge on any atom is -0.480 e. The van der Waals surface area contributed by atoms with Crippen molar-refractivity contribution in [2.24, 2.45) is 0 Å². The standard InChI is InChI=1S/C20H21NO2.C7H12N2O/c1-2-14-3-5-15(6-4-14)16-7-9-17(10-8-16)18-11-19(12-18)21-13-20(22)23;1-2-7-8-3-4-9(7)5-6-10/h2-10,18-19,21H,1,11-13H2,(H,22,23);3-4,10H,2,5-6H2,1H3. The Morgan fingerprint density at radius 1 is 1.15 bits per heavy atom. The molecule has 33 heavy (non-hydrogen) atoms. The molecule has 174 valence electrons. The quantitative estimate of drug-likeness (QED) is 0.454. The Balaban J connectivity index is 0.000000257. The van der Waals surface area contributed by atoms with Gasteiger partial charge in [-0.25, -0.2) is 4.98 Å². The minimum atomic E-state index is -0.791. The molecule has 0 spiro atoms. The second kappa shape index (κ2) is 12.1. The molecule has 0 radical (unpaired) electrons. The van der Waals surface area contributed by atoms with Crippen LogP contribution in [-0.4, -0.2) is 44.9 Å². The molecule has 0 bridgehead atoms.